The van der Waals surface area contributed by atoms with E-state index in [9.17, 15) is 0 Å². The van der Waals surface area contributed by atoms with Crippen molar-refractivity contribution in [3.05, 3.63) is 89.3 Å². The van der Waals surface area contributed by atoms with E-state index in [0.717, 1.165) is 0 Å². The highest BCUT2D eigenvalue weighted by atomic mass is 32.1. The fourth-order valence-corrected chi connectivity index (χ4v) is 5.95. The summed E-state index contributed by atoms with van der Waals surface area (Å²) in [5, 5.41) is 4.22. The minimum absolute atomic E-state index is 0.703. The Hall–Kier alpha value is -2.42. The van der Waals surface area contributed by atoms with Crippen molar-refractivity contribution in [3.63, 3.8) is 0 Å². The molecule has 26 heavy (non-hydrogen) atoms. The predicted octanol–water partition coefficient (Wildman–Crippen LogP) is 5.18. The van der Waals surface area contributed by atoms with Gasteiger partial charge < -0.3 is 0 Å². The first-order chi connectivity index (χ1) is 12.9. The van der Waals surface area contributed by atoms with E-state index in [4.69, 9.17) is 0 Å². The van der Waals surface area contributed by atoms with Crippen molar-refractivity contribution in [3.8, 4) is 11.1 Å². The second-order valence-electron chi connectivity index (χ2n) is 6.67. The molecule has 0 aliphatic heterocycles. The van der Waals surface area contributed by atoms with Crippen LogP contribution in [0, 0.1) is 0 Å². The number of fused-ring (bicyclic) bond motifs is 3. The molecular formula is C24H18SSi. The molecule has 0 nitrogen and oxygen atoms in total. The largest absolute Gasteiger partial charge is 0.136 e. The Morgan fingerprint density at radius 2 is 1.62 bits per heavy atom. The van der Waals surface area contributed by atoms with Crippen molar-refractivity contribution in [2.75, 3.05) is 0 Å². The maximum atomic E-state index is 2.37. The van der Waals surface area contributed by atoms with Gasteiger partial charge in [-0.2, -0.15) is 0 Å². The maximum Gasteiger partial charge on any atom is 0.121 e. The molecule has 0 fully saturated rings. The molecule has 124 valence electrons. The molecule has 0 saturated carbocycles. The lowest BCUT2D eigenvalue weighted by atomic mass is 9.99. The standard InChI is InChI=1S/C24H18SSi/c1-2-8-19(9-3-1)26-20-10-6-7-17(15-20)18-13-14-22-21-11-4-5-12-23(21)25-24(22)16-18/h1-3,5-10,12-16H,4,11H2. The third-order valence-electron chi connectivity index (χ3n) is 4.91. The van der Waals surface area contributed by atoms with E-state index in [1.165, 1.54) is 49.3 Å². The van der Waals surface area contributed by atoms with Gasteiger partial charge in [0.1, 0.15) is 9.52 Å². The second kappa shape index (κ2) is 6.71. The molecule has 0 bridgehead atoms. The zero-order valence-electron chi connectivity index (χ0n) is 14.4. The zero-order valence-corrected chi connectivity index (χ0v) is 16.2. The van der Waals surface area contributed by atoms with Crippen LogP contribution in [0.3, 0.4) is 0 Å². The Bertz CT molecular complexity index is 1110. The summed E-state index contributed by atoms with van der Waals surface area (Å²) in [7, 11) is 0.703. The summed E-state index contributed by atoms with van der Waals surface area (Å²) in [4.78, 5) is 1.45. The summed E-state index contributed by atoms with van der Waals surface area (Å²) in [6.07, 6.45) is 6.94. The van der Waals surface area contributed by atoms with E-state index >= 15 is 0 Å². The minimum atomic E-state index is 0.703. The van der Waals surface area contributed by atoms with Crippen LogP contribution < -0.4 is 10.4 Å². The molecule has 2 heteroatoms. The molecule has 0 saturated heterocycles. The van der Waals surface area contributed by atoms with Gasteiger partial charge in [-0.05, 0) is 47.1 Å². The molecule has 1 aliphatic rings. The fraction of sp³-hybridized carbons (Fsp3) is 0.0833. The average molecular weight is 367 g/mol. The Morgan fingerprint density at radius 3 is 2.54 bits per heavy atom. The quantitative estimate of drug-likeness (QED) is 0.438. The first-order valence-corrected chi connectivity index (χ1v) is 10.8. The predicted molar refractivity (Wildman–Crippen MR) is 116 cm³/mol. The minimum Gasteiger partial charge on any atom is -0.136 e. The lowest BCUT2D eigenvalue weighted by Crippen LogP contribution is -2.26. The summed E-state index contributed by atoms with van der Waals surface area (Å²) in [5.74, 6) is 0. The summed E-state index contributed by atoms with van der Waals surface area (Å²) in [5.41, 5.74) is 4.17. The number of allylic oxidation sites excluding steroid dienone is 1. The van der Waals surface area contributed by atoms with Crippen LogP contribution in [-0.2, 0) is 6.42 Å². The molecular weight excluding hydrogens is 348 g/mol. The van der Waals surface area contributed by atoms with Gasteiger partial charge >= 0.3 is 0 Å². The highest BCUT2D eigenvalue weighted by Crippen LogP contribution is 2.37. The Morgan fingerprint density at radius 1 is 0.769 bits per heavy atom. The van der Waals surface area contributed by atoms with Gasteiger partial charge in [-0.1, -0.05) is 83.2 Å². The molecule has 1 aromatic heterocycles. The Labute approximate surface area is 160 Å². The molecule has 0 atom stereocenters. The fourth-order valence-electron chi connectivity index (χ4n) is 3.62. The highest BCUT2D eigenvalue weighted by Gasteiger charge is 2.13. The molecule has 0 spiro atoms. The van der Waals surface area contributed by atoms with Crippen molar-refractivity contribution in [1.82, 2.24) is 0 Å². The van der Waals surface area contributed by atoms with Gasteiger partial charge in [-0.15, -0.1) is 11.3 Å². The second-order valence-corrected chi connectivity index (χ2v) is 9.16. The van der Waals surface area contributed by atoms with Crippen LogP contribution in [0.15, 0.2) is 78.9 Å². The number of hydrogen-bond donors (Lipinski definition) is 0. The molecule has 1 heterocycles. The number of benzene rings is 3. The van der Waals surface area contributed by atoms with Crippen LogP contribution in [0.1, 0.15) is 16.9 Å². The summed E-state index contributed by atoms with van der Waals surface area (Å²) >= 11 is 1.93. The van der Waals surface area contributed by atoms with Gasteiger partial charge in [0, 0.05) is 9.58 Å². The van der Waals surface area contributed by atoms with Crippen LogP contribution in [0.25, 0.3) is 27.3 Å². The molecule has 0 unspecified atom stereocenters. The molecule has 4 aromatic rings. The van der Waals surface area contributed by atoms with Crippen molar-refractivity contribution < 1.29 is 0 Å². The van der Waals surface area contributed by atoms with Crippen LogP contribution in [0.2, 0.25) is 0 Å². The SMILES string of the molecule is C1=Cc2sc3cc(-c4cccc([Si]c5ccccc5)c4)ccc3c2CC1. The van der Waals surface area contributed by atoms with Crippen molar-refractivity contribution in [2.24, 2.45) is 0 Å². The first-order valence-electron chi connectivity index (χ1n) is 9.01. The Balaban J connectivity index is 1.51. The third-order valence-corrected chi connectivity index (χ3v) is 7.29. The topological polar surface area (TPSA) is 0 Å². The highest BCUT2D eigenvalue weighted by molar-refractivity contribution is 7.20. The summed E-state index contributed by atoms with van der Waals surface area (Å²) in [6.45, 7) is 0. The number of aryl methyl sites for hydroxylation is 1. The molecule has 0 N–H and O–H groups in total. The van der Waals surface area contributed by atoms with E-state index in [-0.39, 0.29) is 0 Å². The number of rotatable bonds is 3. The van der Waals surface area contributed by atoms with Crippen LogP contribution in [0.5, 0.6) is 0 Å². The van der Waals surface area contributed by atoms with Crippen molar-refractivity contribution >= 4 is 47.4 Å². The van der Waals surface area contributed by atoms with Gasteiger partial charge in [0.05, 0.1) is 0 Å². The van der Waals surface area contributed by atoms with E-state index in [2.05, 4.69) is 84.9 Å². The normalized spacial score (nSPS) is 13.1. The molecule has 5 rings (SSSR count). The van der Waals surface area contributed by atoms with Gasteiger partial charge in [-0.3, -0.25) is 0 Å². The van der Waals surface area contributed by atoms with Gasteiger partial charge in [0.15, 0.2) is 0 Å². The van der Waals surface area contributed by atoms with Crippen LogP contribution >= 0.6 is 11.3 Å². The molecule has 1 aliphatic carbocycles. The molecule has 2 radical (unpaired) electrons. The first kappa shape index (κ1) is 15.8. The van der Waals surface area contributed by atoms with Gasteiger partial charge in [0.2, 0.25) is 0 Å². The number of hydrogen-bond acceptors (Lipinski definition) is 1. The van der Waals surface area contributed by atoms with E-state index in [1.54, 1.807) is 5.56 Å². The molecule has 0 amide bonds. The lowest BCUT2D eigenvalue weighted by Gasteiger charge is -2.07. The third kappa shape index (κ3) is 2.96. The Kier molecular flexibility index (Phi) is 4.08. The lowest BCUT2D eigenvalue weighted by molar-refractivity contribution is 1.01. The van der Waals surface area contributed by atoms with Crippen molar-refractivity contribution in [1.29, 1.82) is 0 Å². The van der Waals surface area contributed by atoms with Crippen molar-refractivity contribution in [2.45, 2.75) is 12.8 Å². The maximum absolute atomic E-state index is 2.37. The smallest absolute Gasteiger partial charge is 0.121 e. The summed E-state index contributed by atoms with van der Waals surface area (Å²) < 4.78 is 1.41. The molecule has 3 aromatic carbocycles. The van der Waals surface area contributed by atoms with E-state index in [0.29, 0.717) is 9.52 Å². The monoisotopic (exact) mass is 366 g/mol. The van der Waals surface area contributed by atoms with E-state index in [1.807, 2.05) is 11.3 Å². The zero-order chi connectivity index (χ0) is 17.3. The summed E-state index contributed by atoms with van der Waals surface area (Å²) in [6, 6.07) is 26.7. The van der Waals surface area contributed by atoms with Gasteiger partial charge in [0.25, 0.3) is 0 Å². The average Bonchev–Trinajstić information content (AvgIpc) is 3.07. The van der Waals surface area contributed by atoms with Crippen LogP contribution in [0.4, 0.5) is 0 Å². The van der Waals surface area contributed by atoms with Crippen LogP contribution in [-0.4, -0.2) is 9.52 Å². The van der Waals surface area contributed by atoms with Gasteiger partial charge in [-0.25, -0.2) is 0 Å². The number of thiophene rings is 1. The van der Waals surface area contributed by atoms with E-state index < -0.39 is 0 Å².